The van der Waals surface area contributed by atoms with Gasteiger partial charge in [-0.15, -0.1) is 0 Å². The predicted octanol–water partition coefficient (Wildman–Crippen LogP) is 4.29. The minimum absolute atomic E-state index is 0.0254. The lowest BCUT2D eigenvalue weighted by atomic mass is 9.95. The maximum atomic E-state index is 13.9. The number of benzene rings is 3. The summed E-state index contributed by atoms with van der Waals surface area (Å²) in [5.74, 6) is -2.44. The summed E-state index contributed by atoms with van der Waals surface area (Å²) in [5, 5.41) is 10.4. The van der Waals surface area contributed by atoms with E-state index in [0.29, 0.717) is 15.7 Å². The van der Waals surface area contributed by atoms with E-state index in [1.165, 1.54) is 6.07 Å². The van der Waals surface area contributed by atoms with Crippen LogP contribution in [0.5, 0.6) is 0 Å². The van der Waals surface area contributed by atoms with E-state index < -0.39 is 27.4 Å². The molecule has 1 atom stereocenters. The number of hydrogen-bond donors (Lipinski definition) is 2. The summed E-state index contributed by atoms with van der Waals surface area (Å²) >= 11 is 12.1. The third-order valence-corrected chi connectivity index (χ3v) is 6.94. The SMILES string of the molecule is CS(=O)(=O)N(C1=C[NH+](C(c2ccc(Cl)cc2)c2ccc(Cl)cc2)[CH-]1)c1ccc(F)c(C(=O)O)c1. The molecule has 0 spiro atoms. The van der Waals surface area contributed by atoms with Crippen LogP contribution in [0.15, 0.2) is 78.6 Å². The summed E-state index contributed by atoms with van der Waals surface area (Å²) in [4.78, 5) is 12.2. The molecule has 34 heavy (non-hydrogen) atoms. The van der Waals surface area contributed by atoms with Crippen LogP contribution >= 0.6 is 23.2 Å². The fourth-order valence-electron chi connectivity index (χ4n) is 3.84. The van der Waals surface area contributed by atoms with Crippen molar-refractivity contribution in [3.63, 3.8) is 0 Å². The lowest BCUT2D eigenvalue weighted by molar-refractivity contribution is -0.856. The van der Waals surface area contributed by atoms with Crippen LogP contribution in [0.4, 0.5) is 10.1 Å². The third-order valence-electron chi connectivity index (χ3n) is 5.35. The van der Waals surface area contributed by atoms with Crippen LogP contribution in [0.25, 0.3) is 0 Å². The van der Waals surface area contributed by atoms with Crippen LogP contribution in [0, 0.1) is 12.4 Å². The molecule has 0 bridgehead atoms. The van der Waals surface area contributed by atoms with Gasteiger partial charge in [-0.25, -0.2) is 17.6 Å². The molecule has 0 aliphatic carbocycles. The van der Waals surface area contributed by atoms with Crippen molar-refractivity contribution in [3.05, 3.63) is 118 Å². The Bertz CT molecular complexity index is 1330. The maximum Gasteiger partial charge on any atom is 0.338 e. The zero-order valence-corrected chi connectivity index (χ0v) is 20.1. The molecule has 1 unspecified atom stereocenters. The van der Waals surface area contributed by atoms with Gasteiger partial charge in [-0.1, -0.05) is 47.5 Å². The Labute approximate surface area is 206 Å². The van der Waals surface area contributed by atoms with Crippen molar-refractivity contribution in [1.82, 2.24) is 0 Å². The average Bonchev–Trinajstić information content (AvgIpc) is 2.74. The van der Waals surface area contributed by atoms with E-state index in [9.17, 15) is 22.7 Å². The summed E-state index contributed by atoms with van der Waals surface area (Å²) in [7, 11) is -3.85. The van der Waals surface area contributed by atoms with E-state index in [1.54, 1.807) is 37.0 Å². The first-order valence-corrected chi connectivity index (χ1v) is 12.6. The zero-order chi connectivity index (χ0) is 24.6. The molecule has 6 nitrogen and oxygen atoms in total. The number of sulfonamides is 1. The number of nitrogens with zero attached hydrogens (tertiary/aromatic N) is 1. The van der Waals surface area contributed by atoms with Crippen LogP contribution in [0.2, 0.25) is 10.0 Å². The molecule has 0 saturated heterocycles. The number of halogens is 3. The second-order valence-corrected chi connectivity index (χ2v) is 10.5. The lowest BCUT2D eigenvalue weighted by Gasteiger charge is -2.45. The molecule has 2 N–H and O–H groups in total. The Hall–Kier alpha value is -3.04. The fourth-order valence-corrected chi connectivity index (χ4v) is 5.07. The van der Waals surface area contributed by atoms with Crippen molar-refractivity contribution < 1.29 is 27.6 Å². The van der Waals surface area contributed by atoms with Crippen molar-refractivity contribution in [2.45, 2.75) is 6.04 Å². The number of anilines is 1. The highest BCUT2D eigenvalue weighted by atomic mass is 35.5. The van der Waals surface area contributed by atoms with Crippen LogP contribution in [0.3, 0.4) is 0 Å². The van der Waals surface area contributed by atoms with E-state index in [2.05, 4.69) is 0 Å². The molecule has 0 radical (unpaired) electrons. The van der Waals surface area contributed by atoms with Crippen LogP contribution in [0.1, 0.15) is 27.5 Å². The molecular formula is C24H19Cl2FN2O4S. The number of rotatable bonds is 7. The molecule has 1 heterocycles. The molecule has 4 rings (SSSR count). The van der Waals surface area contributed by atoms with Crippen LogP contribution in [-0.2, 0) is 10.0 Å². The first-order chi connectivity index (χ1) is 16.0. The average molecular weight is 521 g/mol. The number of carboxylic acids is 1. The second-order valence-electron chi connectivity index (χ2n) is 7.75. The minimum Gasteiger partial charge on any atom is -0.478 e. The van der Waals surface area contributed by atoms with E-state index >= 15 is 0 Å². The van der Waals surface area contributed by atoms with Gasteiger partial charge in [0, 0.05) is 21.2 Å². The zero-order valence-electron chi connectivity index (χ0n) is 17.7. The summed E-state index contributed by atoms with van der Waals surface area (Å²) in [6.07, 6.45) is 2.71. The van der Waals surface area contributed by atoms with Gasteiger partial charge >= 0.3 is 5.97 Å². The number of carboxylic acid groups (broad SMARTS) is 1. The summed E-state index contributed by atoms with van der Waals surface area (Å²) in [5.41, 5.74) is 1.62. The molecular weight excluding hydrogens is 502 g/mol. The molecule has 0 amide bonds. The fraction of sp³-hybridized carbons (Fsp3) is 0.0833. The quantitative estimate of drug-likeness (QED) is 0.455. The number of quaternary nitrogens is 1. The largest absolute Gasteiger partial charge is 0.478 e. The highest BCUT2D eigenvalue weighted by molar-refractivity contribution is 7.92. The smallest absolute Gasteiger partial charge is 0.338 e. The topological polar surface area (TPSA) is 79.1 Å². The van der Waals surface area contributed by atoms with Gasteiger partial charge in [-0.2, -0.15) is 0 Å². The van der Waals surface area contributed by atoms with Crippen molar-refractivity contribution in [2.24, 2.45) is 0 Å². The van der Waals surface area contributed by atoms with Crippen LogP contribution < -0.4 is 9.21 Å². The number of nitrogens with one attached hydrogen (secondary N) is 1. The first kappa shape index (κ1) is 24.1. The number of aromatic carboxylic acids is 1. The number of hydrogen-bond acceptors (Lipinski definition) is 3. The highest BCUT2D eigenvalue weighted by Gasteiger charge is 2.32. The monoisotopic (exact) mass is 520 g/mol. The summed E-state index contributed by atoms with van der Waals surface area (Å²) < 4.78 is 40.1. The molecule has 176 valence electrons. The van der Waals surface area contributed by atoms with Crippen molar-refractivity contribution in [1.29, 1.82) is 0 Å². The predicted molar refractivity (Wildman–Crippen MR) is 129 cm³/mol. The summed E-state index contributed by atoms with van der Waals surface area (Å²) in [6.45, 7) is 1.71. The van der Waals surface area contributed by atoms with Gasteiger partial charge in [0.1, 0.15) is 11.9 Å². The molecule has 3 aromatic rings. The van der Waals surface area contributed by atoms with E-state index in [4.69, 9.17) is 23.2 Å². The highest BCUT2D eigenvalue weighted by Crippen LogP contribution is 2.30. The minimum atomic E-state index is -3.85. The molecule has 1 aliphatic heterocycles. The molecule has 3 aromatic carbocycles. The van der Waals surface area contributed by atoms with Gasteiger partial charge < -0.3 is 10.0 Å². The van der Waals surface area contributed by atoms with E-state index in [0.717, 1.165) is 38.7 Å². The van der Waals surface area contributed by atoms with Gasteiger partial charge in [0.15, 0.2) is 0 Å². The third kappa shape index (κ3) is 4.90. The van der Waals surface area contributed by atoms with Gasteiger partial charge in [-0.3, -0.25) is 4.31 Å². The molecule has 10 heteroatoms. The summed E-state index contributed by atoms with van der Waals surface area (Å²) in [6, 6.07) is 17.6. The Balaban J connectivity index is 1.74. The molecule has 0 fully saturated rings. The van der Waals surface area contributed by atoms with Crippen molar-refractivity contribution in [3.8, 4) is 0 Å². The van der Waals surface area contributed by atoms with Crippen molar-refractivity contribution >= 4 is 44.9 Å². The lowest BCUT2D eigenvalue weighted by Crippen LogP contribution is -3.10. The van der Waals surface area contributed by atoms with Crippen molar-refractivity contribution in [2.75, 3.05) is 10.6 Å². The van der Waals surface area contributed by atoms with E-state index in [1.807, 2.05) is 24.3 Å². The Morgan fingerprint density at radius 3 is 1.94 bits per heavy atom. The Kier molecular flexibility index (Phi) is 6.60. The van der Waals surface area contributed by atoms with Crippen LogP contribution in [-0.4, -0.2) is 25.7 Å². The van der Waals surface area contributed by atoms with Gasteiger partial charge in [0.05, 0.1) is 17.5 Å². The standard InChI is InChI=1S/C24H19Cl2FN2O4S/c1-34(32,33)29(19-10-11-22(27)21(12-19)24(30)31)20-13-28(14-20)23(15-2-6-17(25)7-3-15)16-4-8-18(26)9-5-16/h2-14,23,28H,1H3,(H,30,31). The molecule has 0 saturated carbocycles. The molecule has 0 aromatic heterocycles. The van der Waals surface area contributed by atoms with Gasteiger partial charge in [0.2, 0.25) is 10.0 Å². The molecule has 1 aliphatic rings. The Morgan fingerprint density at radius 1 is 1.00 bits per heavy atom. The maximum absolute atomic E-state index is 13.9. The first-order valence-electron chi connectivity index (χ1n) is 10.0. The van der Waals surface area contributed by atoms with E-state index in [-0.39, 0.29) is 11.7 Å². The van der Waals surface area contributed by atoms with Gasteiger partial charge in [0.25, 0.3) is 0 Å². The second kappa shape index (κ2) is 9.31. The number of carbonyl (C=O) groups is 1. The normalized spacial score (nSPS) is 15.3. The Morgan fingerprint density at radius 2 is 1.50 bits per heavy atom. The van der Waals surface area contributed by atoms with Gasteiger partial charge in [-0.05, 0) is 60.9 Å².